The van der Waals surface area contributed by atoms with Crippen molar-refractivity contribution in [2.45, 2.75) is 6.54 Å². The van der Waals surface area contributed by atoms with Gasteiger partial charge in [-0.25, -0.2) is 9.97 Å². The summed E-state index contributed by atoms with van der Waals surface area (Å²) in [4.78, 5) is 8.60. The van der Waals surface area contributed by atoms with E-state index in [0.29, 0.717) is 4.34 Å². The number of hydrogen-bond acceptors (Lipinski definition) is 5. The van der Waals surface area contributed by atoms with Gasteiger partial charge in [0, 0.05) is 11.9 Å². The zero-order chi connectivity index (χ0) is 9.97. The molecule has 2 aromatic heterocycles. The summed E-state index contributed by atoms with van der Waals surface area (Å²) in [6.07, 6.45) is 1.65. The zero-order valence-corrected chi connectivity index (χ0v) is 9.84. The van der Waals surface area contributed by atoms with Gasteiger partial charge in [-0.05, 0) is 7.05 Å². The van der Waals surface area contributed by atoms with Gasteiger partial charge >= 0.3 is 0 Å². The van der Waals surface area contributed by atoms with Crippen LogP contribution in [0.5, 0.6) is 0 Å². The molecule has 0 radical (unpaired) electrons. The van der Waals surface area contributed by atoms with Gasteiger partial charge < -0.3 is 5.32 Å². The Morgan fingerprint density at radius 1 is 1.50 bits per heavy atom. The van der Waals surface area contributed by atoms with Crippen molar-refractivity contribution in [2.24, 2.45) is 0 Å². The molecule has 6 heteroatoms. The molecular formula is C8H8ClN3S2. The van der Waals surface area contributed by atoms with E-state index in [4.69, 9.17) is 11.6 Å². The van der Waals surface area contributed by atoms with Gasteiger partial charge in [-0.15, -0.1) is 11.3 Å². The molecule has 0 bridgehead atoms. The number of rotatable bonds is 3. The van der Waals surface area contributed by atoms with Crippen LogP contribution >= 0.6 is 34.3 Å². The SMILES string of the molecule is CNCc1csc(-c2ncc(Cl)s2)n1. The molecule has 0 amide bonds. The summed E-state index contributed by atoms with van der Waals surface area (Å²) in [6.45, 7) is 0.787. The molecule has 0 unspecified atom stereocenters. The Labute approximate surface area is 94.8 Å². The van der Waals surface area contributed by atoms with E-state index in [1.165, 1.54) is 11.3 Å². The lowest BCUT2D eigenvalue weighted by molar-refractivity contribution is 0.798. The van der Waals surface area contributed by atoms with Gasteiger partial charge in [-0.3, -0.25) is 0 Å². The fraction of sp³-hybridized carbons (Fsp3) is 0.250. The Kier molecular flexibility index (Phi) is 3.12. The molecule has 0 aliphatic heterocycles. The van der Waals surface area contributed by atoms with Crippen LogP contribution in [0.2, 0.25) is 4.34 Å². The average Bonchev–Trinajstić information content (AvgIpc) is 2.74. The molecule has 0 fully saturated rings. The first-order valence-electron chi connectivity index (χ1n) is 4.00. The van der Waals surface area contributed by atoms with E-state index in [2.05, 4.69) is 15.3 Å². The van der Waals surface area contributed by atoms with Crippen molar-refractivity contribution in [2.75, 3.05) is 7.05 Å². The monoisotopic (exact) mass is 245 g/mol. The van der Waals surface area contributed by atoms with Crippen molar-refractivity contribution in [1.29, 1.82) is 0 Å². The van der Waals surface area contributed by atoms with Crippen LogP contribution in [0.15, 0.2) is 11.6 Å². The minimum atomic E-state index is 0.699. The van der Waals surface area contributed by atoms with Gasteiger partial charge in [0.25, 0.3) is 0 Å². The van der Waals surface area contributed by atoms with Crippen LogP contribution in [0.3, 0.4) is 0 Å². The maximum Gasteiger partial charge on any atom is 0.153 e. The van der Waals surface area contributed by atoms with Crippen LogP contribution in [-0.2, 0) is 6.54 Å². The van der Waals surface area contributed by atoms with E-state index >= 15 is 0 Å². The summed E-state index contributed by atoms with van der Waals surface area (Å²) in [5.74, 6) is 0. The van der Waals surface area contributed by atoms with E-state index in [-0.39, 0.29) is 0 Å². The first-order chi connectivity index (χ1) is 6.79. The molecule has 0 aliphatic carbocycles. The van der Waals surface area contributed by atoms with Crippen molar-refractivity contribution in [3.63, 3.8) is 0 Å². The lowest BCUT2D eigenvalue weighted by Crippen LogP contribution is -2.04. The highest BCUT2D eigenvalue weighted by atomic mass is 35.5. The molecule has 0 aromatic carbocycles. The van der Waals surface area contributed by atoms with Crippen LogP contribution in [0, 0.1) is 0 Å². The molecule has 2 heterocycles. The molecule has 0 saturated carbocycles. The molecule has 2 rings (SSSR count). The fourth-order valence-electron chi connectivity index (χ4n) is 1.02. The Morgan fingerprint density at radius 3 is 3.00 bits per heavy atom. The van der Waals surface area contributed by atoms with E-state index in [1.807, 2.05) is 12.4 Å². The summed E-state index contributed by atoms with van der Waals surface area (Å²) in [7, 11) is 1.90. The molecule has 0 aliphatic rings. The predicted molar refractivity (Wildman–Crippen MR) is 61.0 cm³/mol. The lowest BCUT2D eigenvalue weighted by Gasteiger charge is -1.90. The number of nitrogens with one attached hydrogen (secondary N) is 1. The van der Waals surface area contributed by atoms with Gasteiger partial charge in [0.2, 0.25) is 0 Å². The number of thiazole rings is 2. The molecule has 0 spiro atoms. The van der Waals surface area contributed by atoms with Crippen molar-refractivity contribution in [1.82, 2.24) is 15.3 Å². The van der Waals surface area contributed by atoms with Crippen molar-refractivity contribution in [3.05, 3.63) is 21.6 Å². The van der Waals surface area contributed by atoms with E-state index < -0.39 is 0 Å². The minimum Gasteiger partial charge on any atom is -0.314 e. The second-order valence-corrected chi connectivity index (χ2v) is 5.16. The topological polar surface area (TPSA) is 37.8 Å². The maximum atomic E-state index is 5.80. The highest BCUT2D eigenvalue weighted by Gasteiger charge is 2.07. The van der Waals surface area contributed by atoms with Crippen molar-refractivity contribution < 1.29 is 0 Å². The minimum absolute atomic E-state index is 0.699. The van der Waals surface area contributed by atoms with Crippen LogP contribution in [-0.4, -0.2) is 17.0 Å². The summed E-state index contributed by atoms with van der Waals surface area (Å²) in [6, 6.07) is 0. The van der Waals surface area contributed by atoms with E-state index in [9.17, 15) is 0 Å². The van der Waals surface area contributed by atoms with Gasteiger partial charge in [0.1, 0.15) is 4.34 Å². The zero-order valence-electron chi connectivity index (χ0n) is 7.45. The van der Waals surface area contributed by atoms with E-state index in [0.717, 1.165) is 22.3 Å². The number of hydrogen-bond donors (Lipinski definition) is 1. The first kappa shape index (κ1) is 10.0. The highest BCUT2D eigenvalue weighted by molar-refractivity contribution is 7.22. The molecule has 1 N–H and O–H groups in total. The Balaban J connectivity index is 2.24. The number of nitrogens with zero attached hydrogens (tertiary/aromatic N) is 2. The Bertz CT molecular complexity index is 424. The molecule has 74 valence electrons. The third-order valence-corrected chi connectivity index (χ3v) is 3.72. The second-order valence-electron chi connectivity index (χ2n) is 2.64. The molecule has 0 atom stereocenters. The third-order valence-electron chi connectivity index (χ3n) is 1.57. The fourth-order valence-corrected chi connectivity index (χ4v) is 2.79. The summed E-state index contributed by atoms with van der Waals surface area (Å²) in [5.41, 5.74) is 1.04. The summed E-state index contributed by atoms with van der Waals surface area (Å²) in [5, 5.41) is 6.91. The van der Waals surface area contributed by atoms with Gasteiger partial charge in [-0.2, -0.15) is 0 Å². The van der Waals surface area contributed by atoms with Crippen molar-refractivity contribution in [3.8, 4) is 10.0 Å². The number of halogens is 1. The largest absolute Gasteiger partial charge is 0.314 e. The average molecular weight is 246 g/mol. The predicted octanol–water partition coefficient (Wildman–Crippen LogP) is 2.64. The first-order valence-corrected chi connectivity index (χ1v) is 6.07. The smallest absolute Gasteiger partial charge is 0.153 e. The Morgan fingerprint density at radius 2 is 2.36 bits per heavy atom. The standard InChI is InChI=1S/C8H8ClN3S2/c1-10-2-5-4-13-8(12-5)7-11-3-6(9)14-7/h3-4,10H,2H2,1H3. The van der Waals surface area contributed by atoms with E-state index in [1.54, 1.807) is 17.5 Å². The lowest BCUT2D eigenvalue weighted by atomic mass is 10.5. The normalized spacial score (nSPS) is 10.7. The molecule has 0 saturated heterocycles. The van der Waals surface area contributed by atoms with Gasteiger partial charge in [0.15, 0.2) is 10.0 Å². The van der Waals surface area contributed by atoms with Crippen LogP contribution in [0.25, 0.3) is 10.0 Å². The summed E-state index contributed by atoms with van der Waals surface area (Å²) < 4.78 is 0.699. The van der Waals surface area contributed by atoms with Crippen LogP contribution in [0.4, 0.5) is 0 Å². The Hall–Kier alpha value is -0.490. The second kappa shape index (κ2) is 4.35. The molecule has 2 aromatic rings. The number of aromatic nitrogens is 2. The molecule has 14 heavy (non-hydrogen) atoms. The van der Waals surface area contributed by atoms with Crippen LogP contribution < -0.4 is 5.32 Å². The molecular weight excluding hydrogens is 238 g/mol. The molecule has 3 nitrogen and oxygen atoms in total. The quantitative estimate of drug-likeness (QED) is 0.904. The van der Waals surface area contributed by atoms with Gasteiger partial charge in [0.05, 0.1) is 11.9 Å². The summed E-state index contributed by atoms with van der Waals surface area (Å²) >= 11 is 8.85. The third kappa shape index (κ3) is 2.12. The van der Waals surface area contributed by atoms with Crippen LogP contribution in [0.1, 0.15) is 5.69 Å². The maximum absolute atomic E-state index is 5.80. The van der Waals surface area contributed by atoms with Gasteiger partial charge in [-0.1, -0.05) is 22.9 Å². The highest BCUT2D eigenvalue weighted by Crippen LogP contribution is 2.30. The van der Waals surface area contributed by atoms with Crippen molar-refractivity contribution >= 4 is 34.3 Å².